The summed E-state index contributed by atoms with van der Waals surface area (Å²) in [6.07, 6.45) is 10.7. The minimum atomic E-state index is -1.57. The summed E-state index contributed by atoms with van der Waals surface area (Å²) in [7, 11) is -3.11. The van der Waals surface area contributed by atoms with Crippen molar-refractivity contribution in [3.8, 4) is 11.4 Å². The van der Waals surface area contributed by atoms with Crippen LogP contribution in [0.1, 0.15) is 5.56 Å². The Hall–Kier alpha value is -3.30. The number of rotatable bonds is 6. The normalized spacial score (nSPS) is 10.8. The Balaban J connectivity index is 1.63. The Morgan fingerprint density at radius 3 is 2.37 bits per heavy atom. The van der Waals surface area contributed by atoms with Crippen LogP contribution >= 0.6 is 0 Å². The summed E-state index contributed by atoms with van der Waals surface area (Å²) in [5.74, 6) is 0. The maximum absolute atomic E-state index is 9.61. The molecular weight excluding hydrogens is 382 g/mol. The quantitative estimate of drug-likeness (QED) is 0.217. The van der Waals surface area contributed by atoms with Gasteiger partial charge in [0.25, 0.3) is 12.7 Å². The summed E-state index contributed by atoms with van der Waals surface area (Å²) in [5, 5.41) is 38.4. The van der Waals surface area contributed by atoms with Crippen LogP contribution in [0.4, 0.5) is 0 Å². The van der Waals surface area contributed by atoms with Crippen molar-refractivity contribution in [3.63, 3.8) is 0 Å². The first-order chi connectivity index (χ1) is 14.5. The zero-order valence-corrected chi connectivity index (χ0v) is 16.0. The number of benzene rings is 2. The van der Waals surface area contributed by atoms with Gasteiger partial charge in [-0.25, -0.2) is 9.13 Å². The monoisotopic (exact) mass is 402 g/mol. The number of hydrogen-bond donors (Lipinski definition) is 4. The highest BCUT2D eigenvalue weighted by Crippen LogP contribution is 2.04. The summed E-state index contributed by atoms with van der Waals surface area (Å²) < 4.78 is 5.51. The lowest BCUT2D eigenvalue weighted by atomic mass is 9.77. The number of nitrogens with zero attached hydrogens (tertiary/aromatic N) is 4. The summed E-state index contributed by atoms with van der Waals surface area (Å²) in [5.41, 5.74) is 3.09. The molecule has 0 saturated heterocycles. The van der Waals surface area contributed by atoms with E-state index in [1.54, 1.807) is 47.4 Å². The van der Waals surface area contributed by atoms with Crippen molar-refractivity contribution in [2.45, 2.75) is 6.54 Å². The third kappa shape index (κ3) is 4.17. The summed E-state index contributed by atoms with van der Waals surface area (Å²) in [6.45, 7) is 0.426. The van der Waals surface area contributed by atoms with Crippen molar-refractivity contribution in [2.24, 2.45) is 0 Å². The van der Waals surface area contributed by atoms with Crippen LogP contribution in [0.3, 0.4) is 0 Å². The molecule has 10 heteroatoms. The predicted molar refractivity (Wildman–Crippen MR) is 110 cm³/mol. The molecule has 148 valence electrons. The van der Waals surface area contributed by atoms with Crippen molar-refractivity contribution in [1.29, 1.82) is 0 Å². The van der Waals surface area contributed by atoms with Crippen LogP contribution in [0.15, 0.2) is 86.0 Å². The topological polar surface area (TPSA) is 107 Å². The van der Waals surface area contributed by atoms with Crippen LogP contribution in [0.25, 0.3) is 11.4 Å². The van der Waals surface area contributed by atoms with Gasteiger partial charge in [0.1, 0.15) is 30.8 Å². The number of para-hydroxylation sites is 1. The average Bonchev–Trinajstić information content (AvgIpc) is 3.24. The number of hydrogen-bond acceptors (Lipinski definition) is 5. The average molecular weight is 402 g/mol. The fraction of sp³-hybridized carbons (Fsp3) is 0.0500. The Labute approximate surface area is 173 Å². The Kier molecular flexibility index (Phi) is 5.73. The molecule has 2 aromatic carbocycles. The largest absolute Gasteiger partial charge is 0.492 e. The first-order valence-electron chi connectivity index (χ1n) is 9.36. The standard InChI is InChI=1S/C20H20B2N4O4/c27-21(28)18-6-2-1-5-16(18)12-24-13-17(11-23-14-24)25-9-10-26(15-25)20-8-4-3-7-19(20)22(29)30/h1-11,13-15,27-30H,12H2/q+2. The molecule has 2 aromatic heterocycles. The van der Waals surface area contributed by atoms with Crippen LogP contribution in [-0.2, 0) is 6.54 Å². The summed E-state index contributed by atoms with van der Waals surface area (Å²) in [4.78, 5) is 4.29. The second-order valence-corrected chi connectivity index (χ2v) is 6.85. The SMILES string of the molecule is OB(O)c1ccccc1C[n+]1cncc(-n2cc[n+](-c3ccccc3B(O)O)c2)c1. The molecule has 4 rings (SSSR count). The van der Waals surface area contributed by atoms with Gasteiger partial charge in [-0.15, -0.1) is 0 Å². The minimum absolute atomic E-state index is 0.403. The fourth-order valence-corrected chi connectivity index (χ4v) is 3.37. The smallest absolute Gasteiger partial charge is 0.423 e. The number of imidazole rings is 1. The van der Waals surface area contributed by atoms with Gasteiger partial charge in [-0.1, -0.05) is 47.4 Å². The molecule has 30 heavy (non-hydrogen) atoms. The zero-order valence-electron chi connectivity index (χ0n) is 16.0. The molecule has 0 saturated carbocycles. The molecule has 2 heterocycles. The second kappa shape index (κ2) is 8.60. The van der Waals surface area contributed by atoms with Gasteiger partial charge in [0, 0.05) is 5.46 Å². The van der Waals surface area contributed by atoms with Gasteiger partial charge in [0.05, 0.1) is 0 Å². The van der Waals surface area contributed by atoms with Gasteiger partial charge in [0.2, 0.25) is 5.69 Å². The van der Waals surface area contributed by atoms with Gasteiger partial charge in [0.15, 0.2) is 6.20 Å². The molecule has 0 atom stereocenters. The van der Waals surface area contributed by atoms with E-state index in [0.717, 1.165) is 11.3 Å². The predicted octanol–water partition coefficient (Wildman–Crippen LogP) is -2.16. The highest BCUT2D eigenvalue weighted by molar-refractivity contribution is 6.59. The molecule has 0 amide bonds. The van der Waals surface area contributed by atoms with Crippen molar-refractivity contribution in [1.82, 2.24) is 9.55 Å². The van der Waals surface area contributed by atoms with E-state index >= 15 is 0 Å². The van der Waals surface area contributed by atoms with Crippen LogP contribution in [0.5, 0.6) is 0 Å². The second-order valence-electron chi connectivity index (χ2n) is 6.85. The van der Waals surface area contributed by atoms with Gasteiger partial charge < -0.3 is 20.1 Å². The van der Waals surface area contributed by atoms with E-state index in [4.69, 9.17) is 0 Å². The summed E-state index contributed by atoms with van der Waals surface area (Å²) >= 11 is 0. The van der Waals surface area contributed by atoms with Crippen LogP contribution in [0, 0.1) is 0 Å². The lowest BCUT2D eigenvalue weighted by molar-refractivity contribution is -0.691. The molecule has 0 spiro atoms. The summed E-state index contributed by atoms with van der Waals surface area (Å²) in [6, 6.07) is 14.2. The van der Waals surface area contributed by atoms with Gasteiger partial charge in [-0.2, -0.15) is 4.57 Å². The molecule has 4 N–H and O–H groups in total. The first kappa shape index (κ1) is 20.0. The Morgan fingerprint density at radius 1 is 0.900 bits per heavy atom. The third-order valence-electron chi connectivity index (χ3n) is 4.83. The van der Waals surface area contributed by atoms with Crippen LogP contribution in [-0.4, -0.2) is 43.9 Å². The fourth-order valence-electron chi connectivity index (χ4n) is 3.37. The van der Waals surface area contributed by atoms with Crippen molar-refractivity contribution in [3.05, 3.63) is 91.5 Å². The van der Waals surface area contributed by atoms with Crippen molar-refractivity contribution >= 4 is 25.2 Å². The van der Waals surface area contributed by atoms with E-state index in [2.05, 4.69) is 4.98 Å². The maximum atomic E-state index is 9.61. The lowest BCUT2D eigenvalue weighted by Crippen LogP contribution is -2.42. The molecule has 0 aliphatic carbocycles. The van der Waals surface area contributed by atoms with Gasteiger partial charge >= 0.3 is 14.2 Å². The highest BCUT2D eigenvalue weighted by Gasteiger charge is 2.21. The number of aromatic nitrogens is 4. The van der Waals surface area contributed by atoms with Crippen molar-refractivity contribution in [2.75, 3.05) is 0 Å². The molecule has 0 fully saturated rings. The highest BCUT2D eigenvalue weighted by atomic mass is 16.4. The zero-order chi connectivity index (χ0) is 21.1. The van der Waals surface area contributed by atoms with E-state index in [9.17, 15) is 20.1 Å². The first-order valence-corrected chi connectivity index (χ1v) is 9.36. The van der Waals surface area contributed by atoms with Gasteiger partial charge in [-0.3, -0.25) is 0 Å². The van der Waals surface area contributed by atoms with E-state index in [0.29, 0.717) is 23.2 Å². The maximum Gasteiger partial charge on any atom is 0.492 e. The Morgan fingerprint density at radius 2 is 1.60 bits per heavy atom. The molecule has 0 aliphatic heterocycles. The molecule has 0 bridgehead atoms. The van der Waals surface area contributed by atoms with Crippen LogP contribution < -0.4 is 20.1 Å². The third-order valence-corrected chi connectivity index (χ3v) is 4.83. The molecular formula is C20H20B2N4O4+2. The van der Waals surface area contributed by atoms with Crippen molar-refractivity contribution < 1.29 is 29.2 Å². The van der Waals surface area contributed by atoms with E-state index in [-0.39, 0.29) is 0 Å². The molecule has 8 nitrogen and oxygen atoms in total. The lowest BCUT2D eigenvalue weighted by Gasteiger charge is -2.07. The minimum Gasteiger partial charge on any atom is -0.423 e. The Bertz CT molecular complexity index is 1170. The van der Waals surface area contributed by atoms with E-state index in [1.807, 2.05) is 52.3 Å². The molecule has 0 radical (unpaired) electrons. The van der Waals surface area contributed by atoms with Crippen LogP contribution in [0.2, 0.25) is 0 Å². The van der Waals surface area contributed by atoms with E-state index in [1.165, 1.54) is 0 Å². The molecule has 4 aromatic rings. The molecule has 0 unspecified atom stereocenters. The van der Waals surface area contributed by atoms with Gasteiger partial charge in [-0.05, 0) is 17.1 Å². The van der Waals surface area contributed by atoms with E-state index < -0.39 is 14.2 Å². The molecule has 0 aliphatic rings.